The van der Waals surface area contributed by atoms with Gasteiger partial charge in [0.05, 0.1) is 39.1 Å². The Bertz CT molecular complexity index is 657. The number of nitrogens with one attached hydrogen (secondary N) is 2. The Morgan fingerprint density at radius 2 is 2.07 bits per heavy atom. The van der Waals surface area contributed by atoms with Crippen LogP contribution in [0.15, 0.2) is 18.2 Å². The number of hydrogen-bond donors (Lipinski definition) is 4. The number of carbonyl (C=O) groups is 2. The standard InChI is InChI=1S/C18H25FN2O6/c1-26-16-3-2-11(8-13(16)19)18(25)21-14-9-12(10-15(14)23)17(24)20-4-6-27-7-5-22/h2-3,8,12,14-15,22-23H,4-7,9-10H2,1H3,(H,20,24)(H,21,25)/t12-,14-,15-/m0/s1. The molecule has 150 valence electrons. The molecule has 0 spiro atoms. The normalized spacial score (nSPS) is 21.7. The monoisotopic (exact) mass is 384 g/mol. The summed E-state index contributed by atoms with van der Waals surface area (Å²) in [6.45, 7) is 0.707. The predicted molar refractivity (Wildman–Crippen MR) is 93.9 cm³/mol. The summed E-state index contributed by atoms with van der Waals surface area (Å²) in [7, 11) is 1.33. The average molecular weight is 384 g/mol. The number of methoxy groups -OCH3 is 1. The van der Waals surface area contributed by atoms with Gasteiger partial charge in [-0.25, -0.2) is 4.39 Å². The lowest BCUT2D eigenvalue weighted by atomic mass is 10.1. The van der Waals surface area contributed by atoms with Crippen LogP contribution >= 0.6 is 0 Å². The maximum atomic E-state index is 13.7. The van der Waals surface area contributed by atoms with E-state index in [1.807, 2.05) is 0 Å². The van der Waals surface area contributed by atoms with Gasteiger partial charge in [-0.15, -0.1) is 0 Å². The molecule has 3 atom stereocenters. The number of hydrogen-bond acceptors (Lipinski definition) is 6. The second-order valence-corrected chi connectivity index (χ2v) is 6.29. The first kappa shape index (κ1) is 21.1. The minimum atomic E-state index is -0.863. The molecule has 0 bridgehead atoms. The Labute approximate surface area is 156 Å². The Hall–Kier alpha value is -2.23. The van der Waals surface area contributed by atoms with Crippen LogP contribution in [0.4, 0.5) is 4.39 Å². The van der Waals surface area contributed by atoms with Gasteiger partial charge in [-0.1, -0.05) is 0 Å². The second-order valence-electron chi connectivity index (χ2n) is 6.29. The van der Waals surface area contributed by atoms with E-state index in [4.69, 9.17) is 14.6 Å². The van der Waals surface area contributed by atoms with Gasteiger partial charge in [-0.2, -0.15) is 0 Å². The van der Waals surface area contributed by atoms with Gasteiger partial charge in [0.15, 0.2) is 11.6 Å². The number of amides is 2. The molecule has 1 aliphatic rings. The van der Waals surface area contributed by atoms with Crippen LogP contribution in [0.5, 0.6) is 5.75 Å². The first-order valence-corrected chi connectivity index (χ1v) is 8.75. The van der Waals surface area contributed by atoms with E-state index in [2.05, 4.69) is 10.6 Å². The molecule has 0 aromatic heterocycles. The van der Waals surface area contributed by atoms with Gasteiger partial charge in [-0.05, 0) is 31.0 Å². The third-order valence-corrected chi connectivity index (χ3v) is 4.41. The first-order chi connectivity index (χ1) is 13.0. The Balaban J connectivity index is 1.84. The number of aliphatic hydroxyl groups is 2. The molecule has 1 fully saturated rings. The van der Waals surface area contributed by atoms with Crippen LogP contribution in [0.1, 0.15) is 23.2 Å². The van der Waals surface area contributed by atoms with Crippen LogP contribution in [0.25, 0.3) is 0 Å². The second kappa shape index (κ2) is 10.2. The topological polar surface area (TPSA) is 117 Å². The zero-order valence-corrected chi connectivity index (χ0v) is 15.1. The van der Waals surface area contributed by atoms with Crippen LogP contribution in [-0.4, -0.2) is 67.6 Å². The Morgan fingerprint density at radius 3 is 2.74 bits per heavy atom. The quantitative estimate of drug-likeness (QED) is 0.439. The maximum absolute atomic E-state index is 13.7. The van der Waals surface area contributed by atoms with E-state index in [0.717, 1.165) is 6.07 Å². The fraction of sp³-hybridized carbons (Fsp3) is 0.556. The minimum absolute atomic E-state index is 0.0344. The molecular weight excluding hydrogens is 359 g/mol. The molecule has 9 heteroatoms. The molecular formula is C18H25FN2O6. The number of benzene rings is 1. The molecule has 2 amide bonds. The minimum Gasteiger partial charge on any atom is -0.494 e. The fourth-order valence-corrected chi connectivity index (χ4v) is 3.00. The van der Waals surface area contributed by atoms with Crippen molar-refractivity contribution in [3.05, 3.63) is 29.6 Å². The van der Waals surface area contributed by atoms with Crippen molar-refractivity contribution >= 4 is 11.8 Å². The van der Waals surface area contributed by atoms with E-state index < -0.39 is 29.8 Å². The van der Waals surface area contributed by atoms with Crippen molar-refractivity contribution < 1.29 is 33.7 Å². The van der Waals surface area contributed by atoms with Crippen LogP contribution in [0.3, 0.4) is 0 Å². The highest BCUT2D eigenvalue weighted by Crippen LogP contribution is 2.27. The SMILES string of the molecule is COc1ccc(C(=O)N[C@H]2C[C@H](C(=O)NCCOCCO)C[C@@H]2O)cc1F. The van der Waals surface area contributed by atoms with Crippen molar-refractivity contribution in [1.29, 1.82) is 0 Å². The van der Waals surface area contributed by atoms with Crippen molar-refractivity contribution in [2.45, 2.75) is 25.0 Å². The van der Waals surface area contributed by atoms with Gasteiger partial charge in [0.1, 0.15) is 0 Å². The smallest absolute Gasteiger partial charge is 0.251 e. The molecule has 1 aromatic carbocycles. The summed E-state index contributed by atoms with van der Waals surface area (Å²) < 4.78 is 23.6. The fourth-order valence-electron chi connectivity index (χ4n) is 3.00. The number of ether oxygens (including phenoxy) is 2. The van der Waals surface area contributed by atoms with Gasteiger partial charge in [0.25, 0.3) is 5.91 Å². The molecule has 0 saturated heterocycles. The summed E-state index contributed by atoms with van der Waals surface area (Å²) in [6.07, 6.45) is -0.349. The lowest BCUT2D eigenvalue weighted by molar-refractivity contribution is -0.125. The molecule has 8 nitrogen and oxygen atoms in total. The van der Waals surface area contributed by atoms with E-state index >= 15 is 0 Å². The van der Waals surface area contributed by atoms with Crippen molar-refractivity contribution in [2.75, 3.05) is 33.5 Å². The first-order valence-electron chi connectivity index (χ1n) is 8.75. The highest BCUT2D eigenvalue weighted by molar-refractivity contribution is 5.94. The largest absolute Gasteiger partial charge is 0.494 e. The predicted octanol–water partition coefficient (Wildman–Crippen LogP) is -0.171. The third-order valence-electron chi connectivity index (χ3n) is 4.41. The Morgan fingerprint density at radius 1 is 1.30 bits per heavy atom. The number of rotatable bonds is 9. The van der Waals surface area contributed by atoms with Crippen LogP contribution in [0, 0.1) is 11.7 Å². The zero-order valence-electron chi connectivity index (χ0n) is 15.1. The van der Waals surface area contributed by atoms with Crippen molar-refractivity contribution in [1.82, 2.24) is 10.6 Å². The van der Waals surface area contributed by atoms with E-state index in [1.54, 1.807) is 0 Å². The van der Waals surface area contributed by atoms with Crippen molar-refractivity contribution in [3.8, 4) is 5.75 Å². The third kappa shape index (κ3) is 5.88. The molecule has 2 rings (SSSR count). The van der Waals surface area contributed by atoms with E-state index in [0.29, 0.717) is 6.54 Å². The van der Waals surface area contributed by atoms with Crippen LogP contribution < -0.4 is 15.4 Å². The molecule has 0 heterocycles. The summed E-state index contributed by atoms with van der Waals surface area (Å²) in [5.74, 6) is -1.81. The molecule has 0 aliphatic heterocycles. The number of halogens is 1. The average Bonchev–Trinajstić information content (AvgIpc) is 3.02. The van der Waals surface area contributed by atoms with Crippen molar-refractivity contribution in [2.24, 2.45) is 5.92 Å². The molecule has 0 radical (unpaired) electrons. The molecule has 1 aliphatic carbocycles. The van der Waals surface area contributed by atoms with Gasteiger partial charge in [-0.3, -0.25) is 9.59 Å². The molecule has 27 heavy (non-hydrogen) atoms. The van der Waals surface area contributed by atoms with Crippen molar-refractivity contribution in [3.63, 3.8) is 0 Å². The van der Waals surface area contributed by atoms with E-state index in [1.165, 1.54) is 19.2 Å². The van der Waals surface area contributed by atoms with E-state index in [9.17, 15) is 19.1 Å². The molecule has 0 unspecified atom stereocenters. The highest BCUT2D eigenvalue weighted by atomic mass is 19.1. The molecule has 4 N–H and O–H groups in total. The lowest BCUT2D eigenvalue weighted by Gasteiger charge is -2.16. The molecule has 1 aromatic rings. The van der Waals surface area contributed by atoms with Gasteiger partial charge in [0.2, 0.25) is 5.91 Å². The zero-order chi connectivity index (χ0) is 19.8. The van der Waals surface area contributed by atoms with Crippen LogP contribution in [0.2, 0.25) is 0 Å². The van der Waals surface area contributed by atoms with Gasteiger partial charge >= 0.3 is 0 Å². The van der Waals surface area contributed by atoms with Gasteiger partial charge in [0, 0.05) is 18.0 Å². The number of carbonyl (C=O) groups excluding carboxylic acids is 2. The summed E-state index contributed by atoms with van der Waals surface area (Å²) >= 11 is 0. The lowest BCUT2D eigenvalue weighted by Crippen LogP contribution is -2.40. The number of aliphatic hydroxyl groups excluding tert-OH is 2. The maximum Gasteiger partial charge on any atom is 0.251 e. The van der Waals surface area contributed by atoms with Gasteiger partial charge < -0.3 is 30.3 Å². The summed E-state index contributed by atoms with van der Waals surface area (Å²) in [5, 5.41) is 24.1. The summed E-state index contributed by atoms with van der Waals surface area (Å²) in [6, 6.07) is 3.25. The summed E-state index contributed by atoms with van der Waals surface area (Å²) in [5.41, 5.74) is 0.106. The molecule has 1 saturated carbocycles. The van der Waals surface area contributed by atoms with Crippen LogP contribution in [-0.2, 0) is 9.53 Å². The van der Waals surface area contributed by atoms with E-state index in [-0.39, 0.29) is 49.9 Å². The Kier molecular flexibility index (Phi) is 7.96. The highest BCUT2D eigenvalue weighted by Gasteiger charge is 2.37. The summed E-state index contributed by atoms with van der Waals surface area (Å²) in [4.78, 5) is 24.4.